The SMILES string of the molecule is COC1CCCN(C2CCC(N)(C(N)=O)C2)C1. The van der Waals surface area contributed by atoms with Gasteiger partial charge in [-0.3, -0.25) is 9.69 Å². The highest BCUT2D eigenvalue weighted by Gasteiger charge is 2.43. The summed E-state index contributed by atoms with van der Waals surface area (Å²) in [7, 11) is 1.76. The minimum atomic E-state index is -0.787. The third-order valence-corrected chi connectivity index (χ3v) is 4.27. The first kappa shape index (κ1) is 12.8. The highest BCUT2D eigenvalue weighted by molar-refractivity contribution is 5.84. The lowest BCUT2D eigenvalue weighted by atomic mass is 9.97. The maximum atomic E-state index is 11.3. The number of piperidine rings is 1. The molecule has 2 fully saturated rings. The number of hydrogen-bond donors (Lipinski definition) is 2. The fraction of sp³-hybridized carbons (Fsp3) is 0.917. The van der Waals surface area contributed by atoms with Gasteiger partial charge >= 0.3 is 0 Å². The molecule has 1 aliphatic carbocycles. The largest absolute Gasteiger partial charge is 0.380 e. The van der Waals surface area contributed by atoms with Gasteiger partial charge in [0.2, 0.25) is 5.91 Å². The van der Waals surface area contributed by atoms with E-state index >= 15 is 0 Å². The van der Waals surface area contributed by atoms with E-state index in [1.165, 1.54) is 0 Å². The van der Waals surface area contributed by atoms with E-state index in [1.807, 2.05) is 0 Å². The van der Waals surface area contributed by atoms with Gasteiger partial charge in [-0.25, -0.2) is 0 Å². The molecular formula is C12H23N3O2. The van der Waals surface area contributed by atoms with E-state index in [1.54, 1.807) is 7.11 Å². The van der Waals surface area contributed by atoms with Crippen molar-refractivity contribution in [3.63, 3.8) is 0 Å². The fourth-order valence-electron chi connectivity index (χ4n) is 3.07. The van der Waals surface area contributed by atoms with E-state index in [9.17, 15) is 4.79 Å². The first-order valence-corrected chi connectivity index (χ1v) is 6.41. The number of carbonyl (C=O) groups is 1. The van der Waals surface area contributed by atoms with E-state index < -0.39 is 5.54 Å². The van der Waals surface area contributed by atoms with Crippen LogP contribution >= 0.6 is 0 Å². The van der Waals surface area contributed by atoms with E-state index in [0.717, 1.165) is 32.4 Å². The summed E-state index contributed by atoms with van der Waals surface area (Å²) >= 11 is 0. The smallest absolute Gasteiger partial charge is 0.237 e. The molecule has 2 rings (SSSR count). The van der Waals surface area contributed by atoms with Gasteiger partial charge in [0.05, 0.1) is 11.6 Å². The van der Waals surface area contributed by atoms with Crippen LogP contribution in [-0.4, -0.2) is 48.7 Å². The Balaban J connectivity index is 1.94. The van der Waals surface area contributed by atoms with Crippen LogP contribution in [0.1, 0.15) is 32.1 Å². The Bertz CT molecular complexity index is 297. The zero-order chi connectivity index (χ0) is 12.5. The summed E-state index contributed by atoms with van der Waals surface area (Å²) in [4.78, 5) is 13.7. The molecule has 0 radical (unpaired) electrons. The summed E-state index contributed by atoms with van der Waals surface area (Å²) in [6, 6.07) is 0.394. The number of amides is 1. The predicted octanol–water partition coefficient (Wildman–Crippen LogP) is -0.167. The molecule has 2 aliphatic rings. The standard InChI is InChI=1S/C12H23N3O2/c1-17-10-3-2-6-15(8-10)9-4-5-12(14,7-9)11(13)16/h9-10H,2-8,14H2,1H3,(H2,13,16). The third kappa shape index (κ3) is 2.61. The van der Waals surface area contributed by atoms with Crippen LogP contribution in [0.25, 0.3) is 0 Å². The lowest BCUT2D eigenvalue weighted by Gasteiger charge is -2.36. The van der Waals surface area contributed by atoms with Crippen LogP contribution in [0.5, 0.6) is 0 Å². The summed E-state index contributed by atoms with van der Waals surface area (Å²) in [5, 5.41) is 0. The summed E-state index contributed by atoms with van der Waals surface area (Å²) in [5.41, 5.74) is 10.6. The topological polar surface area (TPSA) is 81.6 Å². The number of primary amides is 1. The third-order valence-electron chi connectivity index (χ3n) is 4.27. The van der Waals surface area contributed by atoms with Gasteiger partial charge in [0.15, 0.2) is 0 Å². The Kier molecular flexibility index (Phi) is 3.70. The molecule has 0 aromatic carbocycles. The van der Waals surface area contributed by atoms with Crippen molar-refractivity contribution in [3.05, 3.63) is 0 Å². The molecule has 0 spiro atoms. The molecule has 1 saturated carbocycles. The second-order valence-corrected chi connectivity index (χ2v) is 5.41. The average molecular weight is 241 g/mol. The van der Waals surface area contributed by atoms with E-state index in [2.05, 4.69) is 4.90 Å². The Hall–Kier alpha value is -0.650. The van der Waals surface area contributed by atoms with Gasteiger partial charge in [0.1, 0.15) is 0 Å². The molecule has 1 aliphatic heterocycles. The van der Waals surface area contributed by atoms with Gasteiger partial charge in [-0.2, -0.15) is 0 Å². The highest BCUT2D eigenvalue weighted by Crippen LogP contribution is 2.32. The zero-order valence-corrected chi connectivity index (χ0v) is 10.5. The average Bonchev–Trinajstić information content (AvgIpc) is 2.74. The maximum Gasteiger partial charge on any atom is 0.237 e. The molecule has 1 heterocycles. The van der Waals surface area contributed by atoms with Gasteiger partial charge in [-0.1, -0.05) is 0 Å². The van der Waals surface area contributed by atoms with Crippen LogP contribution in [0.15, 0.2) is 0 Å². The maximum absolute atomic E-state index is 11.3. The molecule has 5 heteroatoms. The molecule has 0 aromatic heterocycles. The van der Waals surface area contributed by atoms with Crippen molar-refractivity contribution in [1.29, 1.82) is 0 Å². The van der Waals surface area contributed by atoms with Crippen LogP contribution in [0, 0.1) is 0 Å². The summed E-state index contributed by atoms with van der Waals surface area (Å²) in [6.07, 6.45) is 4.98. The molecule has 1 amide bonds. The van der Waals surface area contributed by atoms with Gasteiger partial charge < -0.3 is 16.2 Å². The van der Waals surface area contributed by atoms with Crippen molar-refractivity contribution >= 4 is 5.91 Å². The summed E-state index contributed by atoms with van der Waals surface area (Å²) in [6.45, 7) is 2.04. The van der Waals surface area contributed by atoms with Crippen LogP contribution in [0.2, 0.25) is 0 Å². The van der Waals surface area contributed by atoms with Crippen LogP contribution in [0.3, 0.4) is 0 Å². The molecule has 0 bridgehead atoms. The Morgan fingerprint density at radius 2 is 2.24 bits per heavy atom. The quantitative estimate of drug-likeness (QED) is 0.719. The minimum Gasteiger partial charge on any atom is -0.380 e. The summed E-state index contributed by atoms with van der Waals surface area (Å²) in [5.74, 6) is -0.361. The van der Waals surface area contributed by atoms with Crippen LogP contribution < -0.4 is 11.5 Å². The van der Waals surface area contributed by atoms with E-state index in [4.69, 9.17) is 16.2 Å². The molecule has 1 saturated heterocycles. The number of methoxy groups -OCH3 is 1. The first-order chi connectivity index (χ1) is 8.05. The molecular weight excluding hydrogens is 218 g/mol. The van der Waals surface area contributed by atoms with Crippen molar-refractivity contribution in [2.24, 2.45) is 11.5 Å². The number of likely N-dealkylation sites (tertiary alicyclic amines) is 1. The van der Waals surface area contributed by atoms with Crippen molar-refractivity contribution in [2.45, 2.75) is 49.8 Å². The Morgan fingerprint density at radius 3 is 2.82 bits per heavy atom. The highest BCUT2D eigenvalue weighted by atomic mass is 16.5. The lowest BCUT2D eigenvalue weighted by Crippen LogP contribution is -2.52. The number of rotatable bonds is 3. The number of ether oxygens (including phenoxy) is 1. The molecule has 4 N–H and O–H groups in total. The second-order valence-electron chi connectivity index (χ2n) is 5.41. The molecule has 5 nitrogen and oxygen atoms in total. The molecule has 3 unspecified atom stereocenters. The zero-order valence-electron chi connectivity index (χ0n) is 10.5. The molecule has 17 heavy (non-hydrogen) atoms. The monoisotopic (exact) mass is 241 g/mol. The van der Waals surface area contributed by atoms with E-state index in [-0.39, 0.29) is 5.91 Å². The normalized spacial score (nSPS) is 39.4. The second kappa shape index (κ2) is 4.92. The number of nitrogens with two attached hydrogens (primary N) is 2. The van der Waals surface area contributed by atoms with Gasteiger partial charge in [-0.15, -0.1) is 0 Å². The number of carbonyl (C=O) groups excluding carboxylic acids is 1. The molecule has 0 aromatic rings. The molecule has 3 atom stereocenters. The molecule has 98 valence electrons. The predicted molar refractivity (Wildman–Crippen MR) is 65.4 cm³/mol. The number of hydrogen-bond acceptors (Lipinski definition) is 4. The number of nitrogens with zero attached hydrogens (tertiary/aromatic N) is 1. The van der Waals surface area contributed by atoms with Gasteiger partial charge in [0.25, 0.3) is 0 Å². The van der Waals surface area contributed by atoms with E-state index in [0.29, 0.717) is 25.0 Å². The summed E-state index contributed by atoms with van der Waals surface area (Å²) < 4.78 is 5.42. The van der Waals surface area contributed by atoms with Crippen molar-refractivity contribution in [3.8, 4) is 0 Å². The first-order valence-electron chi connectivity index (χ1n) is 6.41. The lowest BCUT2D eigenvalue weighted by molar-refractivity contribution is -0.123. The Morgan fingerprint density at radius 1 is 1.47 bits per heavy atom. The van der Waals surface area contributed by atoms with Crippen molar-refractivity contribution in [1.82, 2.24) is 4.90 Å². The minimum absolute atomic E-state index is 0.324. The van der Waals surface area contributed by atoms with Crippen LogP contribution in [-0.2, 0) is 9.53 Å². The van der Waals surface area contributed by atoms with Gasteiger partial charge in [-0.05, 0) is 38.6 Å². The van der Waals surface area contributed by atoms with Crippen molar-refractivity contribution < 1.29 is 9.53 Å². The van der Waals surface area contributed by atoms with Crippen molar-refractivity contribution in [2.75, 3.05) is 20.2 Å². The fourth-order valence-corrected chi connectivity index (χ4v) is 3.07. The Labute approximate surface area is 102 Å². The van der Waals surface area contributed by atoms with Crippen LogP contribution in [0.4, 0.5) is 0 Å². The van der Waals surface area contributed by atoms with Gasteiger partial charge in [0, 0.05) is 19.7 Å².